The molecule has 1 heterocycles. The molecule has 1 aliphatic rings. The molecule has 2 unspecified atom stereocenters. The number of nitrogens with two attached hydrogens (primary N) is 1. The predicted octanol–water partition coefficient (Wildman–Crippen LogP) is 2.42. The van der Waals surface area contributed by atoms with Crippen LogP contribution in [-0.2, 0) is 6.42 Å². The van der Waals surface area contributed by atoms with E-state index in [1.807, 2.05) is 0 Å². The van der Waals surface area contributed by atoms with Crippen LogP contribution in [0.1, 0.15) is 56.0 Å². The number of fused-ring (bicyclic) bond motifs is 1. The van der Waals surface area contributed by atoms with Gasteiger partial charge in [-0.05, 0) is 24.8 Å². The van der Waals surface area contributed by atoms with Crippen molar-refractivity contribution in [1.82, 2.24) is 5.16 Å². The summed E-state index contributed by atoms with van der Waals surface area (Å²) in [5.74, 6) is 2.60. The van der Waals surface area contributed by atoms with Gasteiger partial charge in [-0.25, -0.2) is 0 Å². The molecule has 3 heteroatoms. The van der Waals surface area contributed by atoms with Crippen LogP contribution in [0.3, 0.4) is 0 Å². The molecule has 2 atom stereocenters. The third-order valence-electron chi connectivity index (χ3n) is 3.52. The van der Waals surface area contributed by atoms with Gasteiger partial charge in [-0.1, -0.05) is 25.9 Å². The lowest BCUT2D eigenvalue weighted by atomic mass is 9.77. The summed E-state index contributed by atoms with van der Waals surface area (Å²) in [6.07, 6.45) is 2.19. The quantitative estimate of drug-likeness (QED) is 0.812. The van der Waals surface area contributed by atoms with Crippen LogP contribution in [0.4, 0.5) is 0 Å². The average Bonchev–Trinajstić information content (AvgIpc) is 2.61. The molecule has 2 rings (SSSR count). The van der Waals surface area contributed by atoms with Crippen LogP contribution < -0.4 is 5.73 Å². The van der Waals surface area contributed by atoms with E-state index in [0.717, 1.165) is 17.9 Å². The normalized spacial score (nSPS) is 25.7. The van der Waals surface area contributed by atoms with Gasteiger partial charge in [-0.3, -0.25) is 0 Å². The van der Waals surface area contributed by atoms with E-state index in [-0.39, 0.29) is 0 Å². The standard InChI is InChI=1S/C12H20N2O/c1-7(2)12-11-9(6-13)8(3)4-5-10(11)15-14-12/h7-9H,4-6,13H2,1-3H3. The first-order valence-corrected chi connectivity index (χ1v) is 5.83. The summed E-state index contributed by atoms with van der Waals surface area (Å²) < 4.78 is 5.42. The molecule has 0 fully saturated rings. The fraction of sp³-hybridized carbons (Fsp3) is 0.750. The van der Waals surface area contributed by atoms with Crippen LogP contribution in [0.15, 0.2) is 4.52 Å². The molecular weight excluding hydrogens is 188 g/mol. The van der Waals surface area contributed by atoms with Crippen LogP contribution in [0.25, 0.3) is 0 Å². The third-order valence-corrected chi connectivity index (χ3v) is 3.52. The molecule has 0 saturated carbocycles. The van der Waals surface area contributed by atoms with Gasteiger partial charge in [0.1, 0.15) is 5.76 Å². The highest BCUT2D eigenvalue weighted by Gasteiger charge is 2.32. The number of aryl methyl sites for hydroxylation is 1. The van der Waals surface area contributed by atoms with E-state index in [1.54, 1.807) is 0 Å². The number of aromatic nitrogens is 1. The summed E-state index contributed by atoms with van der Waals surface area (Å²) in [4.78, 5) is 0. The van der Waals surface area contributed by atoms with Crippen LogP contribution >= 0.6 is 0 Å². The van der Waals surface area contributed by atoms with Gasteiger partial charge in [0.25, 0.3) is 0 Å². The second kappa shape index (κ2) is 3.97. The molecule has 0 aromatic carbocycles. The third kappa shape index (κ3) is 1.69. The van der Waals surface area contributed by atoms with E-state index in [9.17, 15) is 0 Å². The lowest BCUT2D eigenvalue weighted by Gasteiger charge is -2.27. The van der Waals surface area contributed by atoms with Gasteiger partial charge >= 0.3 is 0 Å². The largest absolute Gasteiger partial charge is 0.361 e. The Hall–Kier alpha value is -0.830. The van der Waals surface area contributed by atoms with Crippen molar-refractivity contribution >= 4 is 0 Å². The topological polar surface area (TPSA) is 52.0 Å². The highest BCUT2D eigenvalue weighted by atomic mass is 16.5. The lowest BCUT2D eigenvalue weighted by molar-refractivity contribution is 0.332. The Morgan fingerprint density at radius 2 is 2.27 bits per heavy atom. The Labute approximate surface area is 91.0 Å². The Morgan fingerprint density at radius 3 is 2.87 bits per heavy atom. The Balaban J connectivity index is 2.44. The second-order valence-electron chi connectivity index (χ2n) is 4.92. The molecule has 0 radical (unpaired) electrons. The SMILES string of the molecule is CC(C)c1noc2c1C(CN)C(C)CC2. The zero-order valence-corrected chi connectivity index (χ0v) is 9.79. The minimum absolute atomic E-state index is 0.428. The van der Waals surface area contributed by atoms with Crippen molar-refractivity contribution in [2.45, 2.75) is 45.4 Å². The second-order valence-corrected chi connectivity index (χ2v) is 4.92. The Kier molecular flexibility index (Phi) is 2.83. The summed E-state index contributed by atoms with van der Waals surface area (Å²) in [5, 5.41) is 4.20. The molecule has 15 heavy (non-hydrogen) atoms. The molecule has 84 valence electrons. The molecular formula is C12H20N2O. The van der Waals surface area contributed by atoms with Gasteiger partial charge in [-0.2, -0.15) is 0 Å². The lowest BCUT2D eigenvalue weighted by Crippen LogP contribution is -2.25. The molecule has 2 N–H and O–H groups in total. The summed E-state index contributed by atoms with van der Waals surface area (Å²) in [6, 6.07) is 0. The monoisotopic (exact) mass is 208 g/mol. The molecule has 3 nitrogen and oxygen atoms in total. The zero-order chi connectivity index (χ0) is 11.0. The summed E-state index contributed by atoms with van der Waals surface area (Å²) in [5.41, 5.74) is 8.30. The number of nitrogens with zero attached hydrogens (tertiary/aromatic N) is 1. The van der Waals surface area contributed by atoms with E-state index >= 15 is 0 Å². The van der Waals surface area contributed by atoms with Crippen molar-refractivity contribution in [2.75, 3.05) is 6.54 Å². The highest BCUT2D eigenvalue weighted by Crippen LogP contribution is 2.39. The zero-order valence-electron chi connectivity index (χ0n) is 9.79. The molecule has 0 saturated heterocycles. The van der Waals surface area contributed by atoms with Crippen LogP contribution in [0, 0.1) is 5.92 Å². The van der Waals surface area contributed by atoms with E-state index < -0.39 is 0 Å². The first kappa shape index (κ1) is 10.7. The Morgan fingerprint density at radius 1 is 1.53 bits per heavy atom. The van der Waals surface area contributed by atoms with Gasteiger partial charge < -0.3 is 10.3 Å². The van der Waals surface area contributed by atoms with Crippen molar-refractivity contribution in [2.24, 2.45) is 11.7 Å². The van der Waals surface area contributed by atoms with Crippen molar-refractivity contribution < 1.29 is 4.52 Å². The van der Waals surface area contributed by atoms with Crippen molar-refractivity contribution in [3.05, 3.63) is 17.0 Å². The predicted molar refractivity (Wildman–Crippen MR) is 59.9 cm³/mol. The number of hydrogen-bond donors (Lipinski definition) is 1. The fourth-order valence-corrected chi connectivity index (χ4v) is 2.53. The van der Waals surface area contributed by atoms with Crippen LogP contribution in [0.2, 0.25) is 0 Å². The van der Waals surface area contributed by atoms with Crippen molar-refractivity contribution in [3.8, 4) is 0 Å². The van der Waals surface area contributed by atoms with Gasteiger partial charge in [0.15, 0.2) is 0 Å². The summed E-state index contributed by atoms with van der Waals surface area (Å²) >= 11 is 0. The molecule has 0 amide bonds. The van der Waals surface area contributed by atoms with E-state index in [4.69, 9.17) is 10.3 Å². The molecule has 1 aromatic rings. The number of hydrogen-bond acceptors (Lipinski definition) is 3. The Bertz CT molecular complexity index is 343. The first-order valence-electron chi connectivity index (χ1n) is 5.83. The minimum atomic E-state index is 0.428. The fourth-order valence-electron chi connectivity index (χ4n) is 2.53. The smallest absolute Gasteiger partial charge is 0.140 e. The molecule has 1 aliphatic carbocycles. The van der Waals surface area contributed by atoms with E-state index in [0.29, 0.717) is 24.3 Å². The van der Waals surface area contributed by atoms with Gasteiger partial charge in [0, 0.05) is 17.9 Å². The van der Waals surface area contributed by atoms with Gasteiger partial charge in [-0.15, -0.1) is 0 Å². The van der Waals surface area contributed by atoms with Crippen molar-refractivity contribution in [1.29, 1.82) is 0 Å². The van der Waals surface area contributed by atoms with Crippen LogP contribution in [0.5, 0.6) is 0 Å². The minimum Gasteiger partial charge on any atom is -0.361 e. The van der Waals surface area contributed by atoms with Crippen molar-refractivity contribution in [3.63, 3.8) is 0 Å². The highest BCUT2D eigenvalue weighted by molar-refractivity contribution is 5.32. The maximum Gasteiger partial charge on any atom is 0.140 e. The van der Waals surface area contributed by atoms with Crippen LogP contribution in [-0.4, -0.2) is 11.7 Å². The summed E-state index contributed by atoms with van der Waals surface area (Å²) in [6.45, 7) is 7.29. The average molecular weight is 208 g/mol. The first-order chi connectivity index (χ1) is 7.15. The summed E-state index contributed by atoms with van der Waals surface area (Å²) in [7, 11) is 0. The molecule has 0 spiro atoms. The maximum absolute atomic E-state index is 5.87. The maximum atomic E-state index is 5.87. The van der Waals surface area contributed by atoms with Gasteiger partial charge in [0.2, 0.25) is 0 Å². The number of rotatable bonds is 2. The van der Waals surface area contributed by atoms with E-state index in [2.05, 4.69) is 25.9 Å². The van der Waals surface area contributed by atoms with Gasteiger partial charge in [0.05, 0.1) is 5.69 Å². The van der Waals surface area contributed by atoms with E-state index in [1.165, 1.54) is 12.0 Å². The molecule has 0 bridgehead atoms. The molecule has 1 aromatic heterocycles. The molecule has 0 aliphatic heterocycles.